The van der Waals surface area contributed by atoms with Gasteiger partial charge in [-0.2, -0.15) is 18.3 Å². The molecule has 1 aliphatic rings. The molecule has 43 heavy (non-hydrogen) atoms. The number of alkyl halides is 3. The van der Waals surface area contributed by atoms with Crippen molar-refractivity contribution in [2.45, 2.75) is 50.1 Å². The summed E-state index contributed by atoms with van der Waals surface area (Å²) < 4.78 is 39.1. The number of aryl methyl sites for hydroxylation is 1. The monoisotopic (exact) mass is 612 g/mol. The van der Waals surface area contributed by atoms with Gasteiger partial charge in [0, 0.05) is 22.7 Å². The van der Waals surface area contributed by atoms with E-state index in [1.54, 1.807) is 40.9 Å². The Hall–Kier alpha value is -4.32. The lowest BCUT2D eigenvalue weighted by molar-refractivity contribution is -0.137. The van der Waals surface area contributed by atoms with E-state index in [1.165, 1.54) is 12.1 Å². The Morgan fingerprint density at radius 3 is 2.47 bits per heavy atom. The molecule has 0 unspecified atom stereocenters. The lowest BCUT2D eigenvalue weighted by Gasteiger charge is -2.16. The first-order valence-electron chi connectivity index (χ1n) is 13.8. The number of fused-ring (bicyclic) bond motifs is 1. The van der Waals surface area contributed by atoms with Crippen molar-refractivity contribution >= 4 is 46.8 Å². The summed E-state index contributed by atoms with van der Waals surface area (Å²) >= 11 is 1.60. The van der Waals surface area contributed by atoms with Gasteiger partial charge in [-0.15, -0.1) is 11.8 Å². The number of hydrazone groups is 1. The molecule has 226 valence electrons. The first-order valence-corrected chi connectivity index (χ1v) is 14.8. The molecule has 0 bridgehead atoms. The molecule has 0 fully saturated rings. The summed E-state index contributed by atoms with van der Waals surface area (Å²) in [6.45, 7) is 2.55. The van der Waals surface area contributed by atoms with Gasteiger partial charge in [-0.05, 0) is 79.1 Å². The zero-order chi connectivity index (χ0) is 31.0. The molecule has 3 aromatic carbocycles. The number of nitrogens with zero attached hydrogens (tertiary/aromatic N) is 2. The minimum absolute atomic E-state index is 0.0478. The Balaban J connectivity index is 1.44. The van der Waals surface area contributed by atoms with Crippen LogP contribution in [0.1, 0.15) is 59.7 Å². The Morgan fingerprint density at radius 1 is 1.00 bits per heavy atom. The maximum atomic E-state index is 13.3. The van der Waals surface area contributed by atoms with Gasteiger partial charge in [0.05, 0.1) is 16.8 Å². The van der Waals surface area contributed by atoms with Crippen molar-refractivity contribution in [3.05, 3.63) is 89.0 Å². The van der Waals surface area contributed by atoms with Gasteiger partial charge < -0.3 is 15.3 Å². The molecular formula is C31H31F3N4O4S. The SMILES string of the molecule is CCCCCN1C(=O)C(=NNC(=O)Nc2cccc(C(F)(F)F)c2)c2cc(SCCCc3ccc(C(=O)O)cc3)ccc21. The summed E-state index contributed by atoms with van der Waals surface area (Å²) in [5.41, 5.74) is 3.87. The predicted molar refractivity (Wildman–Crippen MR) is 161 cm³/mol. The van der Waals surface area contributed by atoms with Crippen LogP contribution in [0.5, 0.6) is 0 Å². The molecule has 0 aliphatic carbocycles. The van der Waals surface area contributed by atoms with Crippen molar-refractivity contribution in [2.75, 3.05) is 22.5 Å². The average Bonchev–Trinajstić information content (AvgIpc) is 3.23. The van der Waals surface area contributed by atoms with Crippen LogP contribution in [-0.2, 0) is 17.4 Å². The molecule has 3 aromatic rings. The first kappa shape index (κ1) is 31.6. The molecule has 8 nitrogen and oxygen atoms in total. The number of hydrogen-bond acceptors (Lipinski definition) is 5. The van der Waals surface area contributed by atoms with Crippen molar-refractivity contribution < 1.29 is 32.7 Å². The lowest BCUT2D eigenvalue weighted by Crippen LogP contribution is -2.33. The normalized spacial score (nSPS) is 13.7. The molecule has 1 aliphatic heterocycles. The van der Waals surface area contributed by atoms with E-state index in [0.29, 0.717) is 17.8 Å². The number of urea groups is 1. The number of carbonyl (C=O) groups is 3. The maximum absolute atomic E-state index is 13.3. The fourth-order valence-electron chi connectivity index (χ4n) is 4.55. The fraction of sp³-hybridized carbons (Fsp3) is 0.290. The second-order valence-electron chi connectivity index (χ2n) is 9.90. The molecule has 3 N–H and O–H groups in total. The number of benzene rings is 3. The van der Waals surface area contributed by atoms with Crippen LogP contribution in [0, 0.1) is 0 Å². The highest BCUT2D eigenvalue weighted by molar-refractivity contribution is 7.99. The zero-order valence-corrected chi connectivity index (χ0v) is 24.2. The number of carboxylic acids is 1. The number of carbonyl (C=O) groups excluding carboxylic acids is 2. The average molecular weight is 613 g/mol. The molecule has 0 aromatic heterocycles. The number of nitrogens with one attached hydrogen (secondary N) is 2. The van der Waals surface area contributed by atoms with Crippen molar-refractivity contribution in [1.82, 2.24) is 5.43 Å². The smallest absolute Gasteiger partial charge is 0.416 e. The quantitative estimate of drug-likeness (QED) is 0.114. The second-order valence-corrected chi connectivity index (χ2v) is 11.1. The number of aromatic carboxylic acids is 1. The van der Waals surface area contributed by atoms with Crippen LogP contribution in [0.4, 0.5) is 29.3 Å². The van der Waals surface area contributed by atoms with Gasteiger partial charge in [-0.25, -0.2) is 15.0 Å². The highest BCUT2D eigenvalue weighted by Gasteiger charge is 2.34. The zero-order valence-electron chi connectivity index (χ0n) is 23.4. The highest BCUT2D eigenvalue weighted by Crippen LogP contribution is 2.34. The molecular weight excluding hydrogens is 581 g/mol. The lowest BCUT2D eigenvalue weighted by atomic mass is 10.1. The molecule has 0 saturated heterocycles. The van der Waals surface area contributed by atoms with Crippen LogP contribution >= 0.6 is 11.8 Å². The number of amides is 3. The number of hydrogen-bond donors (Lipinski definition) is 3. The van der Waals surface area contributed by atoms with E-state index in [-0.39, 0.29) is 22.9 Å². The molecule has 0 radical (unpaired) electrons. The summed E-state index contributed by atoms with van der Waals surface area (Å²) in [5, 5.41) is 15.4. The van der Waals surface area contributed by atoms with Crippen molar-refractivity contribution in [2.24, 2.45) is 5.10 Å². The first-order chi connectivity index (χ1) is 20.6. The summed E-state index contributed by atoms with van der Waals surface area (Å²) in [6, 6.07) is 15.8. The van der Waals surface area contributed by atoms with Gasteiger partial charge in [-0.1, -0.05) is 38.0 Å². The van der Waals surface area contributed by atoms with Crippen molar-refractivity contribution in [3.8, 4) is 0 Å². The topological polar surface area (TPSA) is 111 Å². The molecule has 1 heterocycles. The van der Waals surface area contributed by atoms with E-state index in [4.69, 9.17) is 5.11 Å². The Kier molecular flexibility index (Phi) is 10.5. The van der Waals surface area contributed by atoms with Crippen molar-refractivity contribution in [1.29, 1.82) is 0 Å². The van der Waals surface area contributed by atoms with E-state index in [9.17, 15) is 27.6 Å². The number of carboxylic acid groups (broad SMARTS) is 1. The van der Waals surface area contributed by atoms with Gasteiger partial charge in [-0.3, -0.25) is 4.79 Å². The maximum Gasteiger partial charge on any atom is 0.416 e. The van der Waals surface area contributed by atoms with E-state index < -0.39 is 23.7 Å². The minimum atomic E-state index is -4.56. The Labute approximate surface area is 251 Å². The molecule has 3 amide bonds. The molecule has 0 atom stereocenters. The van der Waals surface area contributed by atoms with Crippen LogP contribution in [0.15, 0.2) is 76.7 Å². The Bertz CT molecular complexity index is 1510. The van der Waals surface area contributed by atoms with E-state index in [1.807, 2.05) is 18.2 Å². The van der Waals surface area contributed by atoms with Gasteiger partial charge in [0.15, 0.2) is 5.71 Å². The van der Waals surface area contributed by atoms with Crippen LogP contribution in [-0.4, -0.2) is 41.0 Å². The summed E-state index contributed by atoms with van der Waals surface area (Å²) in [5.74, 6) is -0.550. The number of rotatable bonds is 12. The third kappa shape index (κ3) is 8.38. The standard InChI is InChI=1S/C31H31F3N4O4S/c1-2-3-4-16-38-26-15-14-24(43-17-6-7-20-10-12-21(13-11-20)29(40)41)19-25(26)27(28(38)39)36-37-30(42)35-23-9-5-8-22(18-23)31(32,33)34/h5,8-15,18-19H,2-4,6-7,16-17H2,1H3,(H,40,41)(H2,35,37,42). The third-order valence-electron chi connectivity index (χ3n) is 6.74. The number of unbranched alkanes of at least 4 members (excludes halogenated alkanes) is 2. The van der Waals surface area contributed by atoms with Crippen molar-refractivity contribution in [3.63, 3.8) is 0 Å². The predicted octanol–water partition coefficient (Wildman–Crippen LogP) is 7.19. The van der Waals surface area contributed by atoms with Crippen LogP contribution in [0.2, 0.25) is 0 Å². The molecule has 4 rings (SSSR count). The summed E-state index contributed by atoms with van der Waals surface area (Å²) in [6.07, 6.45) is -0.225. The van der Waals surface area contributed by atoms with Crippen LogP contribution < -0.4 is 15.6 Å². The third-order valence-corrected chi connectivity index (χ3v) is 7.82. The molecule has 0 saturated carbocycles. The van der Waals surface area contributed by atoms with Gasteiger partial charge in [0.2, 0.25) is 0 Å². The summed E-state index contributed by atoms with van der Waals surface area (Å²) in [4.78, 5) is 39.4. The second kappa shape index (κ2) is 14.2. The minimum Gasteiger partial charge on any atom is -0.478 e. The van der Waals surface area contributed by atoms with Gasteiger partial charge in [0.1, 0.15) is 0 Å². The molecule has 12 heteroatoms. The number of anilines is 2. The van der Waals surface area contributed by atoms with Gasteiger partial charge in [0.25, 0.3) is 5.91 Å². The molecule has 0 spiro atoms. The van der Waals surface area contributed by atoms with E-state index in [2.05, 4.69) is 22.8 Å². The largest absolute Gasteiger partial charge is 0.478 e. The fourth-order valence-corrected chi connectivity index (χ4v) is 5.44. The van der Waals surface area contributed by atoms with E-state index in [0.717, 1.165) is 60.4 Å². The van der Waals surface area contributed by atoms with E-state index >= 15 is 0 Å². The summed E-state index contributed by atoms with van der Waals surface area (Å²) in [7, 11) is 0. The number of halogens is 3. The Morgan fingerprint density at radius 2 is 1.77 bits per heavy atom. The van der Waals surface area contributed by atoms with Crippen LogP contribution in [0.25, 0.3) is 0 Å². The highest BCUT2D eigenvalue weighted by atomic mass is 32.2. The van der Waals surface area contributed by atoms with Crippen LogP contribution in [0.3, 0.4) is 0 Å². The number of thioether (sulfide) groups is 1. The van der Waals surface area contributed by atoms with Gasteiger partial charge >= 0.3 is 18.2 Å².